The SMILES string of the molecule is CC(C)c1c(N)cnc2c(F)cc(Cl)cc12. The number of aromatic nitrogens is 1. The third-order valence-corrected chi connectivity index (χ3v) is 2.76. The summed E-state index contributed by atoms with van der Waals surface area (Å²) in [6.45, 7) is 4.01. The van der Waals surface area contributed by atoms with E-state index in [9.17, 15) is 4.39 Å². The van der Waals surface area contributed by atoms with Crippen molar-refractivity contribution < 1.29 is 4.39 Å². The largest absolute Gasteiger partial charge is 0.397 e. The van der Waals surface area contributed by atoms with Crippen molar-refractivity contribution in [2.24, 2.45) is 0 Å². The Balaban J connectivity index is 2.91. The van der Waals surface area contributed by atoms with Gasteiger partial charge in [-0.1, -0.05) is 25.4 Å². The van der Waals surface area contributed by atoms with Crippen molar-refractivity contribution in [3.63, 3.8) is 0 Å². The molecule has 0 radical (unpaired) electrons. The number of hydrogen-bond acceptors (Lipinski definition) is 2. The number of nitrogens with two attached hydrogens (primary N) is 1. The molecule has 0 unspecified atom stereocenters. The lowest BCUT2D eigenvalue weighted by Crippen LogP contribution is -2.00. The lowest BCUT2D eigenvalue weighted by Gasteiger charge is -2.13. The summed E-state index contributed by atoms with van der Waals surface area (Å²) in [6.07, 6.45) is 1.49. The van der Waals surface area contributed by atoms with Crippen LogP contribution in [0, 0.1) is 5.82 Å². The number of halogens is 2. The van der Waals surface area contributed by atoms with Crippen LogP contribution in [0.15, 0.2) is 18.3 Å². The highest BCUT2D eigenvalue weighted by Gasteiger charge is 2.13. The van der Waals surface area contributed by atoms with Gasteiger partial charge in [0.05, 0.1) is 11.9 Å². The number of benzene rings is 1. The molecule has 0 saturated heterocycles. The van der Waals surface area contributed by atoms with E-state index >= 15 is 0 Å². The first-order valence-electron chi connectivity index (χ1n) is 5.04. The van der Waals surface area contributed by atoms with Crippen molar-refractivity contribution in [2.45, 2.75) is 19.8 Å². The molecule has 0 atom stereocenters. The first-order valence-corrected chi connectivity index (χ1v) is 5.41. The molecule has 0 spiro atoms. The Bertz CT molecular complexity index is 552. The van der Waals surface area contributed by atoms with E-state index in [0.29, 0.717) is 21.6 Å². The van der Waals surface area contributed by atoms with E-state index in [1.807, 2.05) is 13.8 Å². The molecule has 0 aliphatic carbocycles. The van der Waals surface area contributed by atoms with Crippen LogP contribution in [0.5, 0.6) is 0 Å². The molecule has 0 bridgehead atoms. The van der Waals surface area contributed by atoms with Gasteiger partial charge in [-0.3, -0.25) is 4.98 Å². The number of fused-ring (bicyclic) bond motifs is 1. The van der Waals surface area contributed by atoms with Gasteiger partial charge in [0.15, 0.2) is 5.82 Å². The van der Waals surface area contributed by atoms with Gasteiger partial charge in [0.2, 0.25) is 0 Å². The zero-order chi connectivity index (χ0) is 11.9. The zero-order valence-corrected chi connectivity index (χ0v) is 9.85. The molecule has 1 heterocycles. The van der Waals surface area contributed by atoms with Crippen LogP contribution in [0.1, 0.15) is 25.3 Å². The van der Waals surface area contributed by atoms with Crippen LogP contribution in [-0.2, 0) is 0 Å². The molecule has 16 heavy (non-hydrogen) atoms. The molecular weight excluding hydrogens is 227 g/mol. The number of pyridine rings is 1. The van der Waals surface area contributed by atoms with Crippen LogP contribution in [0.3, 0.4) is 0 Å². The maximum absolute atomic E-state index is 13.6. The van der Waals surface area contributed by atoms with Crippen LogP contribution in [0.2, 0.25) is 5.02 Å². The molecule has 0 aliphatic rings. The third-order valence-electron chi connectivity index (χ3n) is 2.54. The van der Waals surface area contributed by atoms with Gasteiger partial charge in [0, 0.05) is 10.4 Å². The predicted molar refractivity (Wildman–Crippen MR) is 65.2 cm³/mol. The Labute approximate surface area is 98.2 Å². The fourth-order valence-electron chi connectivity index (χ4n) is 1.91. The molecule has 2 aromatic rings. The first-order chi connectivity index (χ1) is 7.50. The molecule has 1 aromatic carbocycles. The maximum atomic E-state index is 13.6. The van der Waals surface area contributed by atoms with E-state index in [4.69, 9.17) is 17.3 Å². The van der Waals surface area contributed by atoms with Crippen LogP contribution in [0.4, 0.5) is 10.1 Å². The Morgan fingerprint density at radius 1 is 1.38 bits per heavy atom. The predicted octanol–water partition coefficient (Wildman–Crippen LogP) is 3.73. The van der Waals surface area contributed by atoms with Gasteiger partial charge in [-0.05, 0) is 23.6 Å². The van der Waals surface area contributed by atoms with Gasteiger partial charge < -0.3 is 5.73 Å². The lowest BCUT2D eigenvalue weighted by molar-refractivity contribution is 0.636. The Hall–Kier alpha value is -1.35. The summed E-state index contributed by atoms with van der Waals surface area (Å²) < 4.78 is 13.6. The summed E-state index contributed by atoms with van der Waals surface area (Å²) >= 11 is 5.84. The molecule has 0 saturated carbocycles. The van der Waals surface area contributed by atoms with Crippen LogP contribution >= 0.6 is 11.6 Å². The maximum Gasteiger partial charge on any atom is 0.150 e. The molecule has 2 nitrogen and oxygen atoms in total. The fourth-order valence-corrected chi connectivity index (χ4v) is 2.11. The molecule has 2 rings (SSSR count). The number of rotatable bonds is 1. The molecule has 0 aliphatic heterocycles. The van der Waals surface area contributed by atoms with Gasteiger partial charge in [-0.15, -0.1) is 0 Å². The topological polar surface area (TPSA) is 38.9 Å². The minimum Gasteiger partial charge on any atom is -0.397 e. The van der Waals surface area contributed by atoms with Crippen molar-refractivity contribution in [1.82, 2.24) is 4.98 Å². The lowest BCUT2D eigenvalue weighted by atomic mass is 9.97. The number of hydrogen-bond donors (Lipinski definition) is 1. The highest BCUT2D eigenvalue weighted by Crippen LogP contribution is 2.32. The van der Waals surface area contributed by atoms with Gasteiger partial charge >= 0.3 is 0 Å². The fraction of sp³-hybridized carbons (Fsp3) is 0.250. The van der Waals surface area contributed by atoms with Crippen LogP contribution in [-0.4, -0.2) is 4.98 Å². The molecule has 0 fully saturated rings. The van der Waals surface area contributed by atoms with Gasteiger partial charge in [-0.25, -0.2) is 4.39 Å². The Morgan fingerprint density at radius 3 is 2.69 bits per heavy atom. The number of nitrogen functional groups attached to an aromatic ring is 1. The molecule has 2 N–H and O–H groups in total. The monoisotopic (exact) mass is 238 g/mol. The summed E-state index contributed by atoms with van der Waals surface area (Å²) in [7, 11) is 0. The van der Waals surface area contributed by atoms with E-state index in [1.54, 1.807) is 6.07 Å². The van der Waals surface area contributed by atoms with E-state index in [0.717, 1.165) is 5.56 Å². The van der Waals surface area contributed by atoms with E-state index in [-0.39, 0.29) is 5.92 Å². The molecule has 4 heteroatoms. The quantitative estimate of drug-likeness (QED) is 0.822. The van der Waals surface area contributed by atoms with Gasteiger partial charge in [-0.2, -0.15) is 0 Å². The number of nitrogens with zero attached hydrogens (tertiary/aromatic N) is 1. The third kappa shape index (κ3) is 1.71. The zero-order valence-electron chi connectivity index (χ0n) is 9.09. The Morgan fingerprint density at radius 2 is 2.06 bits per heavy atom. The first kappa shape index (κ1) is 11.1. The highest BCUT2D eigenvalue weighted by molar-refractivity contribution is 6.31. The van der Waals surface area contributed by atoms with Crippen molar-refractivity contribution in [3.8, 4) is 0 Å². The summed E-state index contributed by atoms with van der Waals surface area (Å²) in [4.78, 5) is 4.01. The summed E-state index contributed by atoms with van der Waals surface area (Å²) in [6, 6.07) is 2.97. The molecule has 84 valence electrons. The van der Waals surface area contributed by atoms with Crippen molar-refractivity contribution in [1.29, 1.82) is 0 Å². The normalized spacial score (nSPS) is 11.3. The average molecular weight is 239 g/mol. The number of anilines is 1. The minimum absolute atomic E-state index is 0.198. The molecule has 0 amide bonds. The molecule has 1 aromatic heterocycles. The Kier molecular flexibility index (Phi) is 2.72. The van der Waals surface area contributed by atoms with E-state index < -0.39 is 5.82 Å². The van der Waals surface area contributed by atoms with E-state index in [2.05, 4.69) is 4.98 Å². The second-order valence-electron chi connectivity index (χ2n) is 4.07. The second kappa shape index (κ2) is 3.91. The van der Waals surface area contributed by atoms with Crippen LogP contribution in [0.25, 0.3) is 10.9 Å². The summed E-state index contributed by atoms with van der Waals surface area (Å²) in [5, 5.41) is 1.05. The summed E-state index contributed by atoms with van der Waals surface area (Å²) in [5.74, 6) is -0.215. The standard InChI is InChI=1S/C12H12ClFN2/c1-6(2)11-8-3-7(13)4-9(14)12(8)16-5-10(11)15/h3-6H,15H2,1-2H3. The summed E-state index contributed by atoms with van der Waals surface area (Å²) in [5.41, 5.74) is 7.65. The van der Waals surface area contributed by atoms with Crippen molar-refractivity contribution in [3.05, 3.63) is 34.7 Å². The second-order valence-corrected chi connectivity index (χ2v) is 4.50. The minimum atomic E-state index is -0.413. The van der Waals surface area contributed by atoms with Crippen molar-refractivity contribution >= 4 is 28.2 Å². The van der Waals surface area contributed by atoms with Gasteiger partial charge in [0.25, 0.3) is 0 Å². The smallest absolute Gasteiger partial charge is 0.150 e. The van der Waals surface area contributed by atoms with Crippen molar-refractivity contribution in [2.75, 3.05) is 5.73 Å². The highest BCUT2D eigenvalue weighted by atomic mass is 35.5. The van der Waals surface area contributed by atoms with Crippen LogP contribution < -0.4 is 5.73 Å². The average Bonchev–Trinajstić information content (AvgIpc) is 2.15. The molecular formula is C12H12ClFN2. The van der Waals surface area contributed by atoms with Gasteiger partial charge in [0.1, 0.15) is 5.52 Å². The van der Waals surface area contributed by atoms with E-state index in [1.165, 1.54) is 12.3 Å².